The third-order valence-corrected chi connectivity index (χ3v) is 6.14. The Balaban J connectivity index is 1.26. The minimum atomic E-state index is -0.183. The Labute approximate surface area is 181 Å². The van der Waals surface area contributed by atoms with Crippen LogP contribution in [-0.2, 0) is 11.3 Å². The van der Waals surface area contributed by atoms with Crippen LogP contribution in [0.1, 0.15) is 28.9 Å². The maximum Gasteiger partial charge on any atom is 0.254 e. The van der Waals surface area contributed by atoms with Crippen LogP contribution in [-0.4, -0.2) is 34.8 Å². The number of likely N-dealkylation sites (tertiary alicyclic amines) is 1. The van der Waals surface area contributed by atoms with Gasteiger partial charge in [0.1, 0.15) is 0 Å². The van der Waals surface area contributed by atoms with Gasteiger partial charge in [0, 0.05) is 29.9 Å². The summed E-state index contributed by atoms with van der Waals surface area (Å²) in [6, 6.07) is 23.9. The average molecular weight is 412 g/mol. The van der Waals surface area contributed by atoms with Gasteiger partial charge in [0.25, 0.3) is 5.91 Å². The van der Waals surface area contributed by atoms with Crippen molar-refractivity contribution < 1.29 is 9.59 Å². The minimum Gasteiger partial charge on any atom is -0.357 e. The number of para-hydroxylation sites is 1. The van der Waals surface area contributed by atoms with Crippen molar-refractivity contribution in [2.75, 3.05) is 13.1 Å². The van der Waals surface area contributed by atoms with Gasteiger partial charge < -0.3 is 15.2 Å². The molecule has 1 fully saturated rings. The molecule has 4 aromatic rings. The highest BCUT2D eigenvalue weighted by molar-refractivity contribution is 6.07. The van der Waals surface area contributed by atoms with Gasteiger partial charge in [0.05, 0.1) is 12.5 Å². The highest BCUT2D eigenvalue weighted by Gasteiger charge is 2.29. The SMILES string of the molecule is O=C(NCc1cc2ccccc2[nH]1)C1CCCN(C(=O)c2cccc3ccccc23)C1. The quantitative estimate of drug-likeness (QED) is 0.520. The smallest absolute Gasteiger partial charge is 0.254 e. The van der Waals surface area contributed by atoms with E-state index < -0.39 is 0 Å². The van der Waals surface area contributed by atoms with Crippen LogP contribution < -0.4 is 5.32 Å². The third kappa shape index (κ3) is 3.91. The first kappa shape index (κ1) is 19.4. The molecular weight excluding hydrogens is 386 g/mol. The molecule has 2 heterocycles. The largest absolute Gasteiger partial charge is 0.357 e. The highest BCUT2D eigenvalue weighted by atomic mass is 16.2. The number of nitrogens with zero attached hydrogens (tertiary/aromatic N) is 1. The number of fused-ring (bicyclic) bond motifs is 2. The highest BCUT2D eigenvalue weighted by Crippen LogP contribution is 2.24. The van der Waals surface area contributed by atoms with Crippen LogP contribution in [0.2, 0.25) is 0 Å². The zero-order valence-electron chi connectivity index (χ0n) is 17.3. The summed E-state index contributed by atoms with van der Waals surface area (Å²) < 4.78 is 0. The predicted molar refractivity (Wildman–Crippen MR) is 123 cm³/mol. The fourth-order valence-corrected chi connectivity index (χ4v) is 4.51. The van der Waals surface area contributed by atoms with E-state index in [1.54, 1.807) is 0 Å². The van der Waals surface area contributed by atoms with E-state index in [2.05, 4.69) is 22.4 Å². The first-order valence-electron chi connectivity index (χ1n) is 10.8. The minimum absolute atomic E-state index is 0.00455. The number of aromatic amines is 1. The molecule has 0 bridgehead atoms. The van der Waals surface area contributed by atoms with Crippen molar-refractivity contribution in [1.29, 1.82) is 0 Å². The lowest BCUT2D eigenvalue weighted by atomic mass is 9.95. The molecule has 0 saturated carbocycles. The normalized spacial score (nSPS) is 16.5. The van der Waals surface area contributed by atoms with Gasteiger partial charge >= 0.3 is 0 Å². The predicted octanol–water partition coefficient (Wildman–Crippen LogP) is 4.49. The van der Waals surface area contributed by atoms with Gasteiger partial charge in [0.15, 0.2) is 0 Å². The lowest BCUT2D eigenvalue weighted by molar-refractivity contribution is -0.126. The van der Waals surface area contributed by atoms with Crippen molar-refractivity contribution in [3.63, 3.8) is 0 Å². The summed E-state index contributed by atoms with van der Waals surface area (Å²) in [6.45, 7) is 1.61. The Morgan fingerprint density at radius 3 is 2.61 bits per heavy atom. The van der Waals surface area contributed by atoms with Crippen LogP contribution in [0.5, 0.6) is 0 Å². The number of aromatic nitrogens is 1. The van der Waals surface area contributed by atoms with Crippen molar-refractivity contribution >= 4 is 33.5 Å². The molecule has 1 saturated heterocycles. The Morgan fingerprint density at radius 1 is 0.968 bits per heavy atom. The van der Waals surface area contributed by atoms with Gasteiger partial charge in [-0.05, 0) is 47.2 Å². The van der Waals surface area contributed by atoms with Crippen molar-refractivity contribution in [3.8, 4) is 0 Å². The van der Waals surface area contributed by atoms with E-state index in [1.807, 2.05) is 65.6 Å². The maximum atomic E-state index is 13.2. The van der Waals surface area contributed by atoms with E-state index in [9.17, 15) is 9.59 Å². The zero-order valence-corrected chi connectivity index (χ0v) is 17.3. The Kier molecular flexibility index (Phi) is 5.16. The van der Waals surface area contributed by atoms with E-state index in [0.717, 1.165) is 40.2 Å². The first-order chi connectivity index (χ1) is 15.2. The number of piperidine rings is 1. The number of carbonyl (C=O) groups is 2. The molecule has 1 aliphatic heterocycles. The molecule has 2 amide bonds. The molecule has 1 atom stereocenters. The van der Waals surface area contributed by atoms with Crippen molar-refractivity contribution in [1.82, 2.24) is 15.2 Å². The summed E-state index contributed by atoms with van der Waals surface area (Å²) in [7, 11) is 0. The molecule has 3 aromatic carbocycles. The van der Waals surface area contributed by atoms with Crippen LogP contribution in [0.25, 0.3) is 21.7 Å². The fourth-order valence-electron chi connectivity index (χ4n) is 4.51. The van der Waals surface area contributed by atoms with E-state index in [-0.39, 0.29) is 17.7 Å². The van der Waals surface area contributed by atoms with Gasteiger partial charge in [-0.25, -0.2) is 0 Å². The molecule has 1 aliphatic rings. The first-order valence-corrected chi connectivity index (χ1v) is 10.8. The second-order valence-corrected chi connectivity index (χ2v) is 8.22. The summed E-state index contributed by atoms with van der Waals surface area (Å²) in [5.41, 5.74) is 2.75. The standard InChI is InChI=1S/C26H25N3O2/c30-25(27-16-21-15-19-8-2-4-13-24(19)28-21)20-10-6-14-29(17-20)26(31)23-12-5-9-18-7-1-3-11-22(18)23/h1-5,7-9,11-13,15,20,28H,6,10,14,16-17H2,(H,27,30). The second kappa shape index (κ2) is 8.26. The van der Waals surface area contributed by atoms with E-state index in [1.165, 1.54) is 0 Å². The molecule has 31 heavy (non-hydrogen) atoms. The summed E-state index contributed by atoms with van der Waals surface area (Å²) >= 11 is 0. The average Bonchev–Trinajstić information content (AvgIpc) is 3.25. The summed E-state index contributed by atoms with van der Waals surface area (Å²) in [5.74, 6) is -0.170. The lowest BCUT2D eigenvalue weighted by Crippen LogP contribution is -2.45. The summed E-state index contributed by atoms with van der Waals surface area (Å²) in [5, 5.41) is 6.20. The Hall–Kier alpha value is -3.60. The molecule has 1 aromatic heterocycles. The lowest BCUT2D eigenvalue weighted by Gasteiger charge is -2.32. The monoisotopic (exact) mass is 411 g/mol. The number of amides is 2. The van der Waals surface area contributed by atoms with Crippen LogP contribution in [0.15, 0.2) is 72.8 Å². The molecule has 0 radical (unpaired) electrons. The van der Waals surface area contributed by atoms with E-state index >= 15 is 0 Å². The van der Waals surface area contributed by atoms with Crippen LogP contribution >= 0.6 is 0 Å². The summed E-state index contributed by atoms with van der Waals surface area (Å²) in [6.07, 6.45) is 1.64. The summed E-state index contributed by atoms with van der Waals surface area (Å²) in [4.78, 5) is 31.3. The van der Waals surface area contributed by atoms with Crippen LogP contribution in [0, 0.1) is 5.92 Å². The van der Waals surface area contributed by atoms with Crippen molar-refractivity contribution in [2.45, 2.75) is 19.4 Å². The topological polar surface area (TPSA) is 65.2 Å². The fraction of sp³-hybridized carbons (Fsp3) is 0.231. The molecule has 5 heteroatoms. The van der Waals surface area contributed by atoms with E-state index in [0.29, 0.717) is 25.2 Å². The molecule has 2 N–H and O–H groups in total. The third-order valence-electron chi connectivity index (χ3n) is 6.14. The van der Waals surface area contributed by atoms with Gasteiger partial charge in [0.2, 0.25) is 5.91 Å². The van der Waals surface area contributed by atoms with Gasteiger partial charge in [-0.2, -0.15) is 0 Å². The number of carbonyl (C=O) groups excluding carboxylic acids is 2. The zero-order chi connectivity index (χ0) is 21.2. The molecular formula is C26H25N3O2. The number of hydrogen-bond donors (Lipinski definition) is 2. The molecule has 5 rings (SSSR count). The van der Waals surface area contributed by atoms with Crippen LogP contribution in [0.4, 0.5) is 0 Å². The second-order valence-electron chi connectivity index (χ2n) is 8.22. The number of benzene rings is 3. The van der Waals surface area contributed by atoms with E-state index in [4.69, 9.17) is 0 Å². The Bertz CT molecular complexity index is 1220. The van der Waals surface area contributed by atoms with Gasteiger partial charge in [-0.3, -0.25) is 9.59 Å². The number of rotatable bonds is 4. The maximum absolute atomic E-state index is 13.2. The molecule has 0 spiro atoms. The molecule has 0 aliphatic carbocycles. The molecule has 156 valence electrons. The molecule has 5 nitrogen and oxygen atoms in total. The number of hydrogen-bond acceptors (Lipinski definition) is 2. The van der Waals surface area contributed by atoms with Crippen molar-refractivity contribution in [3.05, 3.63) is 84.1 Å². The Morgan fingerprint density at radius 2 is 1.74 bits per heavy atom. The number of nitrogens with one attached hydrogen (secondary N) is 2. The van der Waals surface area contributed by atoms with Crippen molar-refractivity contribution in [2.24, 2.45) is 5.92 Å². The van der Waals surface area contributed by atoms with Gasteiger partial charge in [-0.15, -0.1) is 0 Å². The van der Waals surface area contributed by atoms with Crippen LogP contribution in [0.3, 0.4) is 0 Å². The number of H-pyrrole nitrogens is 1. The molecule has 1 unspecified atom stereocenters. The van der Waals surface area contributed by atoms with Gasteiger partial charge in [-0.1, -0.05) is 54.6 Å².